The molecule has 0 fully saturated rings. The van der Waals surface area contributed by atoms with E-state index in [0.29, 0.717) is 11.6 Å². The molecule has 39 heavy (non-hydrogen) atoms. The average Bonchev–Trinajstić information content (AvgIpc) is 2.90. The van der Waals surface area contributed by atoms with Gasteiger partial charge in [0.1, 0.15) is 12.6 Å². The van der Waals surface area contributed by atoms with Crippen LogP contribution in [-0.2, 0) is 26.2 Å². The van der Waals surface area contributed by atoms with Crippen molar-refractivity contribution in [2.45, 2.75) is 51.1 Å². The van der Waals surface area contributed by atoms with Gasteiger partial charge in [-0.15, -0.1) is 0 Å². The average molecular weight is 635 g/mol. The zero-order valence-corrected chi connectivity index (χ0v) is 25.4. The van der Waals surface area contributed by atoms with Gasteiger partial charge in [0.25, 0.3) is 10.0 Å². The van der Waals surface area contributed by atoms with Gasteiger partial charge in [0.05, 0.1) is 10.6 Å². The Kier molecular flexibility index (Phi) is 11.0. The lowest BCUT2D eigenvalue weighted by Gasteiger charge is -2.32. The minimum Gasteiger partial charge on any atom is -0.354 e. The maximum atomic E-state index is 13.9. The first-order valence-electron chi connectivity index (χ1n) is 12.7. The fourth-order valence-electron chi connectivity index (χ4n) is 3.95. The Labute approximate surface area is 244 Å². The Balaban J connectivity index is 2.00. The number of hydrogen-bond acceptors (Lipinski definition) is 4. The van der Waals surface area contributed by atoms with E-state index in [1.165, 1.54) is 23.1 Å². The Morgan fingerprint density at radius 2 is 1.72 bits per heavy atom. The standard InChI is InChI=1S/C29H33BrClN3O4S/c1-4-5-16-32-29(36)22(3)33(19-23-8-6-9-24(30)17-23)28(35)20-34(26-11-7-10-25(31)18-26)39(37,38)27-14-12-21(2)13-15-27/h6-15,17-18,22H,4-5,16,19-20H2,1-3H3,(H,32,36). The minimum atomic E-state index is -4.14. The molecular weight excluding hydrogens is 602 g/mol. The number of nitrogens with zero attached hydrogens (tertiary/aromatic N) is 2. The number of halogens is 2. The van der Waals surface area contributed by atoms with Gasteiger partial charge in [0.2, 0.25) is 11.8 Å². The molecule has 0 heterocycles. The number of nitrogens with one attached hydrogen (secondary N) is 1. The molecule has 3 rings (SSSR count). The molecule has 3 aromatic carbocycles. The van der Waals surface area contributed by atoms with Crippen LogP contribution in [0.4, 0.5) is 5.69 Å². The molecule has 1 unspecified atom stereocenters. The molecule has 10 heteroatoms. The largest absolute Gasteiger partial charge is 0.354 e. The zero-order valence-electron chi connectivity index (χ0n) is 22.2. The molecule has 0 saturated heterocycles. The summed E-state index contributed by atoms with van der Waals surface area (Å²) < 4.78 is 29.5. The summed E-state index contributed by atoms with van der Waals surface area (Å²) in [7, 11) is -4.14. The molecule has 0 aromatic heterocycles. The molecule has 0 spiro atoms. The number of carbonyl (C=O) groups is 2. The summed E-state index contributed by atoms with van der Waals surface area (Å²) in [6.07, 6.45) is 1.73. The lowest BCUT2D eigenvalue weighted by Crippen LogP contribution is -2.51. The second kappa shape index (κ2) is 14.0. The van der Waals surface area contributed by atoms with E-state index in [0.717, 1.165) is 32.7 Å². The van der Waals surface area contributed by atoms with Gasteiger partial charge in [0, 0.05) is 22.6 Å². The van der Waals surface area contributed by atoms with Crippen molar-refractivity contribution < 1.29 is 18.0 Å². The third-order valence-corrected chi connectivity index (χ3v) is 8.74. The molecule has 208 valence electrons. The Morgan fingerprint density at radius 3 is 2.36 bits per heavy atom. The van der Waals surface area contributed by atoms with Crippen molar-refractivity contribution >= 4 is 55.1 Å². The van der Waals surface area contributed by atoms with E-state index < -0.39 is 28.5 Å². The molecule has 0 aliphatic rings. The summed E-state index contributed by atoms with van der Waals surface area (Å²) in [5.41, 5.74) is 1.95. The molecule has 1 N–H and O–H groups in total. The van der Waals surface area contributed by atoms with Gasteiger partial charge in [-0.2, -0.15) is 0 Å². The number of carbonyl (C=O) groups excluding carboxylic acids is 2. The number of benzene rings is 3. The first kappa shape index (κ1) is 30.7. The number of amides is 2. The van der Waals surface area contributed by atoms with Gasteiger partial charge in [-0.1, -0.05) is 76.8 Å². The molecule has 0 aliphatic heterocycles. The highest BCUT2D eigenvalue weighted by atomic mass is 79.9. The topological polar surface area (TPSA) is 86.8 Å². The van der Waals surface area contributed by atoms with Crippen molar-refractivity contribution in [1.29, 1.82) is 0 Å². The second-order valence-electron chi connectivity index (χ2n) is 9.28. The van der Waals surface area contributed by atoms with Crippen LogP contribution in [0.2, 0.25) is 5.02 Å². The van der Waals surface area contributed by atoms with Gasteiger partial charge < -0.3 is 10.2 Å². The molecule has 0 bridgehead atoms. The Morgan fingerprint density at radius 1 is 1.03 bits per heavy atom. The number of anilines is 1. The van der Waals surface area contributed by atoms with Crippen LogP contribution in [-0.4, -0.2) is 44.3 Å². The van der Waals surface area contributed by atoms with E-state index in [9.17, 15) is 18.0 Å². The van der Waals surface area contributed by atoms with Gasteiger partial charge in [0.15, 0.2) is 0 Å². The van der Waals surface area contributed by atoms with E-state index >= 15 is 0 Å². The van der Waals surface area contributed by atoms with Crippen molar-refractivity contribution in [2.24, 2.45) is 0 Å². The highest BCUT2D eigenvalue weighted by Crippen LogP contribution is 2.27. The summed E-state index contributed by atoms with van der Waals surface area (Å²) in [6.45, 7) is 5.63. The second-order valence-corrected chi connectivity index (χ2v) is 12.5. The maximum Gasteiger partial charge on any atom is 0.264 e. The summed E-state index contributed by atoms with van der Waals surface area (Å²) in [4.78, 5) is 28.4. The first-order chi connectivity index (χ1) is 18.5. The summed E-state index contributed by atoms with van der Waals surface area (Å²) in [5, 5.41) is 3.21. The van der Waals surface area contributed by atoms with E-state index in [4.69, 9.17) is 11.6 Å². The molecule has 2 amide bonds. The number of hydrogen-bond donors (Lipinski definition) is 1. The van der Waals surface area contributed by atoms with Gasteiger partial charge in [-0.05, 0) is 68.3 Å². The van der Waals surface area contributed by atoms with Crippen LogP contribution in [0.5, 0.6) is 0 Å². The SMILES string of the molecule is CCCCNC(=O)C(C)N(Cc1cccc(Br)c1)C(=O)CN(c1cccc(Cl)c1)S(=O)(=O)c1ccc(C)cc1. The van der Waals surface area contributed by atoms with Gasteiger partial charge in [-0.3, -0.25) is 13.9 Å². The fraction of sp³-hybridized carbons (Fsp3) is 0.310. The predicted molar refractivity (Wildman–Crippen MR) is 159 cm³/mol. The number of unbranched alkanes of at least 4 members (excludes halogenated alkanes) is 1. The predicted octanol–water partition coefficient (Wildman–Crippen LogP) is 5.94. The summed E-state index contributed by atoms with van der Waals surface area (Å²) in [6, 6.07) is 19.4. The van der Waals surface area contributed by atoms with E-state index in [2.05, 4.69) is 21.2 Å². The van der Waals surface area contributed by atoms with E-state index in [-0.39, 0.29) is 23.0 Å². The van der Waals surface area contributed by atoms with Gasteiger partial charge >= 0.3 is 0 Å². The normalized spacial score (nSPS) is 12.0. The Bertz CT molecular complexity index is 1400. The first-order valence-corrected chi connectivity index (χ1v) is 15.3. The highest BCUT2D eigenvalue weighted by Gasteiger charge is 2.32. The van der Waals surface area contributed by atoms with Crippen LogP contribution < -0.4 is 9.62 Å². The van der Waals surface area contributed by atoms with Crippen LogP contribution in [0.25, 0.3) is 0 Å². The Hall–Kier alpha value is -2.88. The molecule has 0 saturated carbocycles. The molecular formula is C29H33BrClN3O4S. The monoisotopic (exact) mass is 633 g/mol. The fourth-order valence-corrected chi connectivity index (χ4v) is 5.99. The lowest BCUT2D eigenvalue weighted by molar-refractivity contribution is -0.139. The number of aryl methyl sites for hydroxylation is 1. The molecule has 0 radical (unpaired) electrons. The van der Waals surface area contributed by atoms with Crippen LogP contribution >= 0.6 is 27.5 Å². The van der Waals surface area contributed by atoms with Crippen molar-refractivity contribution in [1.82, 2.24) is 10.2 Å². The zero-order chi connectivity index (χ0) is 28.6. The van der Waals surface area contributed by atoms with E-state index in [1.54, 1.807) is 37.3 Å². The smallest absolute Gasteiger partial charge is 0.264 e. The van der Waals surface area contributed by atoms with Crippen LogP contribution in [0.1, 0.15) is 37.8 Å². The van der Waals surface area contributed by atoms with Crippen LogP contribution in [0, 0.1) is 6.92 Å². The maximum absolute atomic E-state index is 13.9. The number of rotatable bonds is 12. The molecule has 0 aliphatic carbocycles. The minimum absolute atomic E-state index is 0.0461. The third-order valence-electron chi connectivity index (χ3n) is 6.22. The van der Waals surface area contributed by atoms with Crippen molar-refractivity contribution in [3.8, 4) is 0 Å². The van der Waals surface area contributed by atoms with Crippen molar-refractivity contribution in [3.63, 3.8) is 0 Å². The van der Waals surface area contributed by atoms with E-state index in [1.807, 2.05) is 38.1 Å². The highest BCUT2D eigenvalue weighted by molar-refractivity contribution is 9.10. The summed E-state index contributed by atoms with van der Waals surface area (Å²) in [5.74, 6) is -0.828. The third kappa shape index (κ3) is 8.30. The number of sulfonamides is 1. The molecule has 3 aromatic rings. The van der Waals surface area contributed by atoms with Crippen LogP contribution in [0.3, 0.4) is 0 Å². The molecule has 7 nitrogen and oxygen atoms in total. The van der Waals surface area contributed by atoms with Crippen molar-refractivity contribution in [2.75, 3.05) is 17.4 Å². The van der Waals surface area contributed by atoms with Crippen molar-refractivity contribution in [3.05, 3.63) is 93.4 Å². The molecule has 1 atom stereocenters. The van der Waals surface area contributed by atoms with Crippen LogP contribution in [0.15, 0.2) is 82.2 Å². The van der Waals surface area contributed by atoms with Gasteiger partial charge in [-0.25, -0.2) is 8.42 Å². The lowest BCUT2D eigenvalue weighted by atomic mass is 10.1. The summed E-state index contributed by atoms with van der Waals surface area (Å²) >= 11 is 9.65. The quantitative estimate of drug-likeness (QED) is 0.250.